The van der Waals surface area contributed by atoms with E-state index in [2.05, 4.69) is 16.4 Å². The zero-order valence-electron chi connectivity index (χ0n) is 19.2. The van der Waals surface area contributed by atoms with Gasteiger partial charge in [0.15, 0.2) is 17.3 Å². The number of fused-ring (bicyclic) bond motifs is 1. The average Bonchev–Trinajstić information content (AvgIpc) is 3.28. The molecule has 0 amide bonds. The van der Waals surface area contributed by atoms with Gasteiger partial charge in [0, 0.05) is 35.9 Å². The highest BCUT2D eigenvalue weighted by atomic mass is 16.5. The molecule has 0 spiro atoms. The number of nitrogens with one attached hydrogen (secondary N) is 1. The van der Waals surface area contributed by atoms with E-state index in [9.17, 15) is 5.11 Å². The largest absolute Gasteiger partial charge is 0.497 e. The molecule has 1 unspecified atom stereocenters. The third kappa shape index (κ3) is 4.45. The van der Waals surface area contributed by atoms with E-state index in [4.69, 9.17) is 24.0 Å². The minimum atomic E-state index is -0.277. The molecule has 33 heavy (non-hydrogen) atoms. The van der Waals surface area contributed by atoms with Crippen LogP contribution in [0.15, 0.2) is 42.5 Å². The quantitative estimate of drug-likeness (QED) is 0.510. The monoisotopic (exact) mass is 452 g/mol. The summed E-state index contributed by atoms with van der Waals surface area (Å²) in [5.74, 6) is 3.94. The molecular formula is C24H28N4O5. The number of methoxy groups -OCH3 is 4. The third-order valence-electron chi connectivity index (χ3n) is 5.52. The topological polar surface area (TPSA) is 99.9 Å². The van der Waals surface area contributed by atoms with Gasteiger partial charge in [-0.05, 0) is 42.8 Å². The molecule has 2 N–H and O–H groups in total. The Hall–Kier alpha value is -3.72. The van der Waals surface area contributed by atoms with Gasteiger partial charge in [-0.2, -0.15) is 10.1 Å². The van der Waals surface area contributed by atoms with Crippen LogP contribution in [0.5, 0.6) is 23.0 Å². The summed E-state index contributed by atoms with van der Waals surface area (Å²) < 4.78 is 23.7. The summed E-state index contributed by atoms with van der Waals surface area (Å²) in [5, 5.41) is 17.3. The molecule has 3 aromatic rings. The van der Waals surface area contributed by atoms with Crippen molar-refractivity contribution in [1.29, 1.82) is 0 Å². The van der Waals surface area contributed by atoms with Crippen molar-refractivity contribution in [2.24, 2.45) is 0 Å². The molecule has 9 nitrogen and oxygen atoms in total. The molecule has 0 saturated carbocycles. The van der Waals surface area contributed by atoms with Crippen molar-refractivity contribution in [3.63, 3.8) is 0 Å². The van der Waals surface area contributed by atoms with Gasteiger partial charge in [0.1, 0.15) is 17.5 Å². The number of hydrogen-bond acceptors (Lipinski definition) is 8. The molecule has 2 heterocycles. The zero-order chi connectivity index (χ0) is 23.4. The minimum Gasteiger partial charge on any atom is -0.497 e. The van der Waals surface area contributed by atoms with Crippen molar-refractivity contribution < 1.29 is 24.1 Å². The van der Waals surface area contributed by atoms with Crippen LogP contribution in [0.25, 0.3) is 5.70 Å². The van der Waals surface area contributed by atoms with Crippen LogP contribution in [0.1, 0.15) is 29.4 Å². The normalized spacial score (nSPS) is 14.7. The number of rotatable bonds is 9. The highest BCUT2D eigenvalue weighted by molar-refractivity contribution is 5.78. The van der Waals surface area contributed by atoms with Gasteiger partial charge in [0.2, 0.25) is 5.95 Å². The molecule has 1 aromatic heterocycles. The van der Waals surface area contributed by atoms with Crippen molar-refractivity contribution in [3.8, 4) is 23.0 Å². The Morgan fingerprint density at radius 2 is 1.73 bits per heavy atom. The molecule has 0 radical (unpaired) electrons. The summed E-state index contributed by atoms with van der Waals surface area (Å²) in [6.45, 7) is 0.0855. The summed E-state index contributed by atoms with van der Waals surface area (Å²) in [6.07, 6.45) is 3.25. The second-order valence-electron chi connectivity index (χ2n) is 7.45. The van der Waals surface area contributed by atoms with E-state index in [1.54, 1.807) is 28.4 Å². The molecular weight excluding hydrogens is 424 g/mol. The maximum atomic E-state index is 9.22. The summed E-state index contributed by atoms with van der Waals surface area (Å²) in [6, 6.07) is 11.2. The van der Waals surface area contributed by atoms with E-state index >= 15 is 0 Å². The Morgan fingerprint density at radius 3 is 2.42 bits per heavy atom. The first-order chi connectivity index (χ1) is 16.1. The molecule has 1 aliphatic rings. The minimum absolute atomic E-state index is 0.0855. The SMILES string of the molecule is COc1ccc(C2C=C(c3ccc(OC)c(OC)c3)Nc3nc(CCCO)nn32)c(OC)c1. The van der Waals surface area contributed by atoms with Gasteiger partial charge in [-0.1, -0.05) is 0 Å². The molecule has 0 fully saturated rings. The molecule has 174 valence electrons. The van der Waals surface area contributed by atoms with E-state index in [0.717, 1.165) is 16.8 Å². The maximum Gasteiger partial charge on any atom is 0.226 e. The number of aliphatic hydroxyl groups is 1. The second kappa shape index (κ2) is 9.83. The molecule has 1 aliphatic heterocycles. The predicted octanol–water partition coefficient (Wildman–Crippen LogP) is 3.29. The van der Waals surface area contributed by atoms with Crippen molar-refractivity contribution in [2.45, 2.75) is 18.9 Å². The van der Waals surface area contributed by atoms with Gasteiger partial charge in [-0.25, -0.2) is 4.68 Å². The Labute approximate surface area is 192 Å². The average molecular weight is 453 g/mol. The summed E-state index contributed by atoms with van der Waals surface area (Å²) in [5.41, 5.74) is 2.68. The fourth-order valence-electron chi connectivity index (χ4n) is 3.84. The smallest absolute Gasteiger partial charge is 0.226 e. The molecule has 2 aromatic carbocycles. The van der Waals surface area contributed by atoms with Gasteiger partial charge >= 0.3 is 0 Å². The van der Waals surface area contributed by atoms with Crippen LogP contribution in [-0.2, 0) is 6.42 Å². The number of aliphatic hydroxyl groups excluding tert-OH is 1. The Balaban J connectivity index is 1.82. The molecule has 9 heteroatoms. The van der Waals surface area contributed by atoms with E-state index < -0.39 is 0 Å². The zero-order valence-corrected chi connectivity index (χ0v) is 19.2. The van der Waals surface area contributed by atoms with Crippen LogP contribution < -0.4 is 24.3 Å². The summed E-state index contributed by atoms with van der Waals surface area (Å²) in [4.78, 5) is 4.67. The van der Waals surface area contributed by atoms with Crippen LogP contribution in [0.4, 0.5) is 5.95 Å². The molecule has 4 rings (SSSR count). The second-order valence-corrected chi connectivity index (χ2v) is 7.45. The molecule has 0 aliphatic carbocycles. The number of hydrogen-bond donors (Lipinski definition) is 2. The van der Waals surface area contributed by atoms with Gasteiger partial charge in [-0.15, -0.1) is 0 Å². The maximum absolute atomic E-state index is 9.22. The lowest BCUT2D eigenvalue weighted by Crippen LogP contribution is -2.20. The van der Waals surface area contributed by atoms with Crippen LogP contribution in [0.2, 0.25) is 0 Å². The first kappa shape index (κ1) is 22.5. The summed E-state index contributed by atoms with van der Waals surface area (Å²) >= 11 is 0. The van der Waals surface area contributed by atoms with Crippen LogP contribution in [0.3, 0.4) is 0 Å². The van der Waals surface area contributed by atoms with E-state index in [1.807, 2.05) is 41.1 Å². The molecule has 0 bridgehead atoms. The first-order valence-corrected chi connectivity index (χ1v) is 10.6. The fourth-order valence-corrected chi connectivity index (χ4v) is 3.84. The number of benzene rings is 2. The lowest BCUT2D eigenvalue weighted by atomic mass is 10.0. The van der Waals surface area contributed by atoms with Crippen molar-refractivity contribution >= 4 is 11.6 Å². The van der Waals surface area contributed by atoms with Gasteiger partial charge in [0.05, 0.1) is 28.4 Å². The number of anilines is 1. The Kier molecular flexibility index (Phi) is 6.69. The number of aromatic nitrogens is 3. The molecule has 1 atom stereocenters. The van der Waals surface area contributed by atoms with Crippen LogP contribution in [0, 0.1) is 0 Å². The molecule has 0 saturated heterocycles. The Bertz CT molecular complexity index is 1160. The lowest BCUT2D eigenvalue weighted by molar-refractivity contribution is 0.287. The fraction of sp³-hybridized carbons (Fsp3) is 0.333. The number of nitrogens with zero attached hydrogens (tertiary/aromatic N) is 3. The van der Waals surface area contributed by atoms with E-state index in [-0.39, 0.29) is 12.6 Å². The van der Waals surface area contributed by atoms with Gasteiger partial charge in [-0.3, -0.25) is 0 Å². The van der Waals surface area contributed by atoms with Crippen LogP contribution in [-0.4, -0.2) is 54.9 Å². The highest BCUT2D eigenvalue weighted by Gasteiger charge is 2.28. The van der Waals surface area contributed by atoms with Gasteiger partial charge in [0.25, 0.3) is 0 Å². The van der Waals surface area contributed by atoms with Crippen LogP contribution >= 0.6 is 0 Å². The number of aryl methyl sites for hydroxylation is 1. The van der Waals surface area contributed by atoms with Crippen molar-refractivity contribution in [2.75, 3.05) is 40.4 Å². The van der Waals surface area contributed by atoms with Crippen molar-refractivity contribution in [1.82, 2.24) is 14.8 Å². The Morgan fingerprint density at radius 1 is 0.939 bits per heavy atom. The first-order valence-electron chi connectivity index (χ1n) is 10.6. The standard InChI is InChI=1S/C24H28N4O5/c1-30-16-8-9-17(21(13-16)32-3)19-14-18(15-7-10-20(31-2)22(12-15)33-4)25-24-26-23(6-5-11-29)27-28(19)24/h7-10,12-14,19,29H,5-6,11H2,1-4H3,(H,25,26,27). The summed E-state index contributed by atoms with van der Waals surface area (Å²) in [7, 11) is 6.47. The third-order valence-corrected chi connectivity index (χ3v) is 5.52. The van der Waals surface area contributed by atoms with E-state index in [1.165, 1.54) is 0 Å². The van der Waals surface area contributed by atoms with Gasteiger partial charge < -0.3 is 29.4 Å². The number of allylic oxidation sites excluding steroid dienone is 1. The predicted molar refractivity (Wildman–Crippen MR) is 124 cm³/mol. The number of ether oxygens (including phenoxy) is 4. The highest BCUT2D eigenvalue weighted by Crippen LogP contribution is 2.39. The van der Waals surface area contributed by atoms with E-state index in [0.29, 0.717) is 47.6 Å². The lowest BCUT2D eigenvalue weighted by Gasteiger charge is -2.26. The van der Waals surface area contributed by atoms with Crippen molar-refractivity contribution in [3.05, 3.63) is 59.4 Å².